The Labute approximate surface area is 155 Å². The van der Waals surface area contributed by atoms with Crippen molar-refractivity contribution >= 4 is 28.3 Å². The summed E-state index contributed by atoms with van der Waals surface area (Å²) in [6, 6.07) is 9.56. The number of carbonyl (C=O) groups is 2. The van der Waals surface area contributed by atoms with E-state index >= 15 is 0 Å². The molecule has 1 amide bonds. The standard InChI is InChI=1S/C18H21N3O4S/c1-24-16(23)10-14-17(12-5-3-2-4-6-12)21-18(26-14)20-15(22)9-13-11-19-7-8-25-13/h2-6,13,19H,7-11H2,1H3,(H,20,21,22). The number of thiazole rings is 1. The minimum Gasteiger partial charge on any atom is -0.469 e. The Hall–Kier alpha value is -2.29. The number of amides is 1. The second kappa shape index (κ2) is 8.88. The number of carbonyl (C=O) groups excluding carboxylic acids is 2. The smallest absolute Gasteiger partial charge is 0.310 e. The molecule has 1 fully saturated rings. The molecule has 26 heavy (non-hydrogen) atoms. The third-order valence-electron chi connectivity index (χ3n) is 3.94. The van der Waals surface area contributed by atoms with E-state index in [2.05, 4.69) is 15.6 Å². The van der Waals surface area contributed by atoms with Crippen LogP contribution < -0.4 is 10.6 Å². The number of esters is 1. The monoisotopic (exact) mass is 375 g/mol. The number of hydrogen-bond acceptors (Lipinski definition) is 7. The van der Waals surface area contributed by atoms with Crippen LogP contribution in [0.1, 0.15) is 11.3 Å². The summed E-state index contributed by atoms with van der Waals surface area (Å²) < 4.78 is 10.3. The number of anilines is 1. The molecule has 2 aromatic rings. The average molecular weight is 375 g/mol. The first-order valence-corrected chi connectivity index (χ1v) is 9.21. The van der Waals surface area contributed by atoms with Gasteiger partial charge in [0.15, 0.2) is 5.13 Å². The van der Waals surface area contributed by atoms with Crippen LogP contribution in [0.3, 0.4) is 0 Å². The lowest BCUT2D eigenvalue weighted by atomic mass is 10.1. The first-order valence-electron chi connectivity index (χ1n) is 8.40. The van der Waals surface area contributed by atoms with E-state index in [1.54, 1.807) is 0 Å². The van der Waals surface area contributed by atoms with Crippen molar-refractivity contribution in [2.45, 2.75) is 18.9 Å². The van der Waals surface area contributed by atoms with Gasteiger partial charge in [-0.15, -0.1) is 11.3 Å². The van der Waals surface area contributed by atoms with Gasteiger partial charge in [0, 0.05) is 23.5 Å². The Balaban J connectivity index is 1.74. The van der Waals surface area contributed by atoms with Crippen LogP contribution >= 0.6 is 11.3 Å². The summed E-state index contributed by atoms with van der Waals surface area (Å²) in [4.78, 5) is 29.3. The van der Waals surface area contributed by atoms with Gasteiger partial charge in [-0.2, -0.15) is 0 Å². The number of nitrogens with zero attached hydrogens (tertiary/aromatic N) is 1. The van der Waals surface area contributed by atoms with E-state index in [0.29, 0.717) is 24.0 Å². The molecular formula is C18H21N3O4S. The van der Waals surface area contributed by atoms with Crippen LogP contribution in [0.2, 0.25) is 0 Å². The normalized spacial score (nSPS) is 16.9. The highest BCUT2D eigenvalue weighted by molar-refractivity contribution is 7.16. The zero-order valence-electron chi connectivity index (χ0n) is 14.5. The van der Waals surface area contributed by atoms with Gasteiger partial charge in [-0.05, 0) is 0 Å². The van der Waals surface area contributed by atoms with E-state index < -0.39 is 0 Å². The molecule has 0 bridgehead atoms. The number of benzene rings is 1. The highest BCUT2D eigenvalue weighted by Crippen LogP contribution is 2.31. The van der Waals surface area contributed by atoms with Gasteiger partial charge in [-0.25, -0.2) is 4.98 Å². The molecule has 1 aliphatic heterocycles. The summed E-state index contributed by atoms with van der Waals surface area (Å²) in [6.07, 6.45) is 0.246. The highest BCUT2D eigenvalue weighted by Gasteiger charge is 2.20. The summed E-state index contributed by atoms with van der Waals surface area (Å²) >= 11 is 1.29. The largest absolute Gasteiger partial charge is 0.469 e. The molecule has 0 aliphatic carbocycles. The maximum atomic E-state index is 12.3. The van der Waals surface area contributed by atoms with Crippen LogP contribution in [0.5, 0.6) is 0 Å². The molecule has 2 N–H and O–H groups in total. The lowest BCUT2D eigenvalue weighted by Crippen LogP contribution is -2.40. The molecule has 8 heteroatoms. The van der Waals surface area contributed by atoms with Crippen molar-refractivity contribution in [2.75, 3.05) is 32.1 Å². The predicted octanol–water partition coefficient (Wildman–Crippen LogP) is 1.84. The quantitative estimate of drug-likeness (QED) is 0.749. The second-order valence-electron chi connectivity index (χ2n) is 5.86. The SMILES string of the molecule is COC(=O)Cc1sc(NC(=O)CC2CNCCO2)nc1-c1ccccc1. The van der Waals surface area contributed by atoms with Gasteiger partial charge >= 0.3 is 5.97 Å². The van der Waals surface area contributed by atoms with Gasteiger partial charge in [-0.3, -0.25) is 9.59 Å². The fraction of sp³-hybridized carbons (Fsp3) is 0.389. The Morgan fingerprint density at radius 3 is 2.88 bits per heavy atom. The minimum absolute atomic E-state index is 0.115. The molecule has 0 radical (unpaired) electrons. The Morgan fingerprint density at radius 2 is 2.19 bits per heavy atom. The topological polar surface area (TPSA) is 89.5 Å². The van der Waals surface area contributed by atoms with E-state index in [1.807, 2.05) is 30.3 Å². The molecule has 1 aromatic heterocycles. The van der Waals surface area contributed by atoms with Crippen LogP contribution in [0.25, 0.3) is 11.3 Å². The van der Waals surface area contributed by atoms with Crippen molar-refractivity contribution in [1.82, 2.24) is 10.3 Å². The molecule has 138 valence electrons. The second-order valence-corrected chi connectivity index (χ2v) is 6.94. The van der Waals surface area contributed by atoms with Crippen molar-refractivity contribution in [3.8, 4) is 11.3 Å². The number of hydrogen-bond donors (Lipinski definition) is 2. The maximum Gasteiger partial charge on any atom is 0.310 e. The van der Waals surface area contributed by atoms with E-state index in [1.165, 1.54) is 18.4 Å². The average Bonchev–Trinajstić information content (AvgIpc) is 3.05. The van der Waals surface area contributed by atoms with Crippen LogP contribution in [0.4, 0.5) is 5.13 Å². The van der Waals surface area contributed by atoms with Crippen molar-refractivity contribution in [1.29, 1.82) is 0 Å². The third kappa shape index (κ3) is 4.87. The molecule has 1 saturated heterocycles. The molecule has 3 rings (SSSR count). The first kappa shape index (κ1) is 18.5. The number of aromatic nitrogens is 1. The molecule has 1 unspecified atom stereocenters. The Morgan fingerprint density at radius 1 is 1.38 bits per heavy atom. The first-order chi connectivity index (χ1) is 12.7. The van der Waals surface area contributed by atoms with E-state index in [9.17, 15) is 9.59 Å². The van der Waals surface area contributed by atoms with Gasteiger partial charge in [0.2, 0.25) is 5.91 Å². The molecule has 7 nitrogen and oxygen atoms in total. The van der Waals surface area contributed by atoms with Crippen molar-refractivity contribution in [3.05, 3.63) is 35.2 Å². The molecule has 2 heterocycles. The Bertz CT molecular complexity index is 757. The highest BCUT2D eigenvalue weighted by atomic mass is 32.1. The molecule has 0 saturated carbocycles. The van der Waals surface area contributed by atoms with Crippen LogP contribution in [0.15, 0.2) is 30.3 Å². The summed E-state index contributed by atoms with van der Waals surface area (Å²) in [7, 11) is 1.35. The molecule has 0 spiro atoms. The molecule has 1 aliphatic rings. The van der Waals surface area contributed by atoms with Gasteiger partial charge in [0.05, 0.1) is 38.4 Å². The fourth-order valence-electron chi connectivity index (χ4n) is 2.68. The number of rotatable bonds is 6. The molecule has 1 atom stereocenters. The van der Waals surface area contributed by atoms with Crippen LogP contribution in [-0.2, 0) is 25.5 Å². The van der Waals surface area contributed by atoms with Crippen LogP contribution in [-0.4, -0.2) is 49.8 Å². The maximum absolute atomic E-state index is 12.3. The minimum atomic E-state index is -0.342. The van der Waals surface area contributed by atoms with Gasteiger partial charge in [0.1, 0.15) is 0 Å². The zero-order chi connectivity index (χ0) is 18.4. The van der Waals surface area contributed by atoms with Gasteiger partial charge in [-0.1, -0.05) is 30.3 Å². The van der Waals surface area contributed by atoms with E-state index in [-0.39, 0.29) is 30.8 Å². The Kier molecular flexibility index (Phi) is 6.32. The van der Waals surface area contributed by atoms with E-state index in [4.69, 9.17) is 9.47 Å². The third-order valence-corrected chi connectivity index (χ3v) is 4.91. The summed E-state index contributed by atoms with van der Waals surface area (Å²) in [5, 5.41) is 6.49. The van der Waals surface area contributed by atoms with Crippen molar-refractivity contribution in [2.24, 2.45) is 0 Å². The molecular weight excluding hydrogens is 354 g/mol. The predicted molar refractivity (Wildman–Crippen MR) is 99.1 cm³/mol. The zero-order valence-corrected chi connectivity index (χ0v) is 15.3. The fourth-order valence-corrected chi connectivity index (χ4v) is 3.66. The number of nitrogens with one attached hydrogen (secondary N) is 2. The summed E-state index contributed by atoms with van der Waals surface area (Å²) in [5.41, 5.74) is 1.58. The summed E-state index contributed by atoms with van der Waals surface area (Å²) in [5.74, 6) is -0.498. The lowest BCUT2D eigenvalue weighted by molar-refractivity contribution is -0.139. The molecule has 1 aromatic carbocycles. The van der Waals surface area contributed by atoms with Crippen LogP contribution in [0, 0.1) is 0 Å². The van der Waals surface area contributed by atoms with Gasteiger partial charge < -0.3 is 20.1 Å². The number of methoxy groups -OCH3 is 1. The number of ether oxygens (including phenoxy) is 2. The number of morpholine rings is 1. The summed E-state index contributed by atoms with van der Waals surface area (Å²) in [6.45, 7) is 2.08. The lowest BCUT2D eigenvalue weighted by Gasteiger charge is -2.22. The van der Waals surface area contributed by atoms with Crippen molar-refractivity contribution in [3.63, 3.8) is 0 Å². The van der Waals surface area contributed by atoms with E-state index in [0.717, 1.165) is 17.0 Å². The van der Waals surface area contributed by atoms with Gasteiger partial charge in [0.25, 0.3) is 0 Å². The van der Waals surface area contributed by atoms with Crippen molar-refractivity contribution < 1.29 is 19.1 Å².